The first-order valence-corrected chi connectivity index (χ1v) is 14.2. The highest BCUT2D eigenvalue weighted by molar-refractivity contribution is 6.03. The topological polar surface area (TPSA) is 110 Å². The molecule has 41 heavy (non-hydrogen) atoms. The Hall–Kier alpha value is -4.12. The second-order valence-electron chi connectivity index (χ2n) is 12.0. The molecule has 0 saturated carbocycles. The van der Waals surface area contributed by atoms with Gasteiger partial charge in [-0.2, -0.15) is 5.10 Å². The number of aromatic nitrogens is 7. The molecule has 1 saturated heterocycles. The number of amides is 1. The van der Waals surface area contributed by atoms with Crippen LogP contribution >= 0.6 is 0 Å². The molecule has 4 aromatic heterocycles. The number of anilines is 2. The van der Waals surface area contributed by atoms with Crippen molar-refractivity contribution in [1.82, 2.24) is 39.6 Å². The van der Waals surface area contributed by atoms with E-state index in [2.05, 4.69) is 81.2 Å². The van der Waals surface area contributed by atoms with Crippen LogP contribution in [0.1, 0.15) is 62.9 Å². The average molecular weight is 557 g/mol. The molecule has 1 aliphatic heterocycles. The lowest BCUT2D eigenvalue weighted by atomic mass is 10.1. The van der Waals surface area contributed by atoms with E-state index in [4.69, 9.17) is 0 Å². The molecule has 0 aliphatic carbocycles. The molecular formula is C30H40N10O. The van der Waals surface area contributed by atoms with Gasteiger partial charge in [0.05, 0.1) is 46.9 Å². The Balaban J connectivity index is 1.33. The maximum atomic E-state index is 13.0. The minimum atomic E-state index is -0.292. The number of aryl methyl sites for hydroxylation is 2. The van der Waals surface area contributed by atoms with Crippen molar-refractivity contribution in [1.29, 1.82) is 0 Å². The highest BCUT2D eigenvalue weighted by atomic mass is 16.2. The third kappa shape index (κ3) is 6.30. The van der Waals surface area contributed by atoms with Gasteiger partial charge in [-0.05, 0) is 73.1 Å². The van der Waals surface area contributed by atoms with Gasteiger partial charge < -0.3 is 10.2 Å². The van der Waals surface area contributed by atoms with Crippen LogP contribution in [0.4, 0.5) is 11.4 Å². The van der Waals surface area contributed by atoms with E-state index in [1.165, 1.54) is 0 Å². The maximum Gasteiger partial charge on any atom is 0.276 e. The molecule has 4 aromatic rings. The molecule has 1 amide bonds. The van der Waals surface area contributed by atoms with E-state index in [-0.39, 0.29) is 11.4 Å². The van der Waals surface area contributed by atoms with E-state index in [0.717, 1.165) is 66.6 Å². The molecule has 0 radical (unpaired) electrons. The predicted octanol–water partition coefficient (Wildman–Crippen LogP) is 4.47. The van der Waals surface area contributed by atoms with Gasteiger partial charge in [0.15, 0.2) is 5.69 Å². The van der Waals surface area contributed by atoms with E-state index in [1.54, 1.807) is 16.9 Å². The van der Waals surface area contributed by atoms with Gasteiger partial charge in [0.2, 0.25) is 0 Å². The smallest absolute Gasteiger partial charge is 0.276 e. The van der Waals surface area contributed by atoms with Crippen molar-refractivity contribution in [3.63, 3.8) is 0 Å². The standard InChI is InChI=1S/C30H40N10O/c1-20(2)37-9-8-10-38(12-11-37)25-14-23(16-31-18-25)27-19-39(36-34-27)28-15-24(17-32-22(28)4)33-29(41)26-13-21(3)40(35-26)30(5,6)7/h13-20H,8-12H2,1-7H3,(H,33,41). The fourth-order valence-corrected chi connectivity index (χ4v) is 5.25. The van der Waals surface area contributed by atoms with Crippen molar-refractivity contribution in [2.45, 2.75) is 66.5 Å². The zero-order chi connectivity index (χ0) is 29.3. The minimum Gasteiger partial charge on any atom is -0.369 e. The van der Waals surface area contributed by atoms with Gasteiger partial charge in [-0.3, -0.25) is 24.3 Å². The normalized spacial score (nSPS) is 14.9. The summed E-state index contributed by atoms with van der Waals surface area (Å²) in [5, 5.41) is 16.3. The van der Waals surface area contributed by atoms with Crippen molar-refractivity contribution < 1.29 is 4.79 Å². The van der Waals surface area contributed by atoms with Gasteiger partial charge in [0.25, 0.3) is 5.91 Å². The molecule has 1 aliphatic rings. The monoisotopic (exact) mass is 556 g/mol. The van der Waals surface area contributed by atoms with Crippen molar-refractivity contribution >= 4 is 17.3 Å². The molecule has 0 atom stereocenters. The number of carbonyl (C=O) groups excluding carboxylic acids is 1. The van der Waals surface area contributed by atoms with Crippen LogP contribution in [-0.2, 0) is 5.54 Å². The van der Waals surface area contributed by atoms with Crippen LogP contribution in [-0.4, -0.2) is 77.8 Å². The Morgan fingerprint density at radius 3 is 2.54 bits per heavy atom. The van der Waals surface area contributed by atoms with E-state index in [1.807, 2.05) is 43.2 Å². The third-order valence-corrected chi connectivity index (χ3v) is 7.46. The summed E-state index contributed by atoms with van der Waals surface area (Å²) in [4.78, 5) is 26.9. The Kier molecular flexibility index (Phi) is 7.90. The summed E-state index contributed by atoms with van der Waals surface area (Å²) >= 11 is 0. The summed E-state index contributed by atoms with van der Waals surface area (Å²) in [6.07, 6.45) is 8.36. The fourth-order valence-electron chi connectivity index (χ4n) is 5.25. The highest BCUT2D eigenvalue weighted by Gasteiger charge is 2.21. The SMILES string of the molecule is Cc1ncc(NC(=O)c2cc(C)n(C(C)(C)C)n2)cc1-n1cc(-c2cncc(N3CCCN(C(C)C)CC3)c2)nn1. The molecule has 5 heterocycles. The first-order chi connectivity index (χ1) is 19.5. The lowest BCUT2D eigenvalue weighted by Gasteiger charge is -2.25. The van der Waals surface area contributed by atoms with E-state index < -0.39 is 0 Å². The molecule has 1 fully saturated rings. The van der Waals surface area contributed by atoms with Crippen LogP contribution in [0.2, 0.25) is 0 Å². The molecule has 11 nitrogen and oxygen atoms in total. The molecule has 5 rings (SSSR count). The van der Waals surface area contributed by atoms with E-state index in [9.17, 15) is 4.79 Å². The molecule has 0 spiro atoms. The zero-order valence-electron chi connectivity index (χ0n) is 25.1. The average Bonchev–Trinajstić information content (AvgIpc) is 3.50. The number of pyridine rings is 2. The summed E-state index contributed by atoms with van der Waals surface area (Å²) in [6.45, 7) is 18.6. The van der Waals surface area contributed by atoms with Crippen molar-refractivity contribution in [2.75, 3.05) is 36.4 Å². The van der Waals surface area contributed by atoms with Gasteiger partial charge in [-0.25, -0.2) is 4.68 Å². The molecule has 0 bridgehead atoms. The molecule has 1 N–H and O–H groups in total. The van der Waals surface area contributed by atoms with Crippen molar-refractivity contribution in [3.8, 4) is 16.9 Å². The van der Waals surface area contributed by atoms with Gasteiger partial charge >= 0.3 is 0 Å². The number of hydrogen-bond donors (Lipinski definition) is 1. The van der Waals surface area contributed by atoms with Crippen LogP contribution in [0.25, 0.3) is 16.9 Å². The lowest BCUT2D eigenvalue weighted by molar-refractivity contribution is 0.102. The zero-order valence-corrected chi connectivity index (χ0v) is 25.1. The minimum absolute atomic E-state index is 0.219. The number of carbonyl (C=O) groups is 1. The Labute approximate surface area is 241 Å². The molecule has 216 valence electrons. The number of rotatable bonds is 6. The first kappa shape index (κ1) is 28.4. The summed E-state index contributed by atoms with van der Waals surface area (Å²) in [7, 11) is 0. The molecule has 11 heteroatoms. The highest BCUT2D eigenvalue weighted by Crippen LogP contribution is 2.25. The summed E-state index contributed by atoms with van der Waals surface area (Å²) in [5.74, 6) is -0.292. The molecular weight excluding hydrogens is 516 g/mol. The molecule has 0 aromatic carbocycles. The van der Waals surface area contributed by atoms with Gasteiger partial charge in [-0.15, -0.1) is 5.10 Å². The lowest BCUT2D eigenvalue weighted by Crippen LogP contribution is -2.35. The second kappa shape index (κ2) is 11.4. The van der Waals surface area contributed by atoms with Gasteiger partial charge in [0, 0.05) is 49.7 Å². The quantitative estimate of drug-likeness (QED) is 0.371. The van der Waals surface area contributed by atoms with Gasteiger partial charge in [0.1, 0.15) is 5.69 Å². The van der Waals surface area contributed by atoms with Gasteiger partial charge in [-0.1, -0.05) is 5.21 Å². The van der Waals surface area contributed by atoms with Crippen LogP contribution < -0.4 is 10.2 Å². The van der Waals surface area contributed by atoms with Crippen LogP contribution in [0.15, 0.2) is 43.0 Å². The molecule has 0 unspecified atom stereocenters. The summed E-state index contributed by atoms with van der Waals surface area (Å²) < 4.78 is 3.54. The van der Waals surface area contributed by atoms with Crippen molar-refractivity contribution in [3.05, 3.63) is 60.1 Å². The van der Waals surface area contributed by atoms with Crippen LogP contribution in [0, 0.1) is 13.8 Å². The Morgan fingerprint density at radius 1 is 1.00 bits per heavy atom. The second-order valence-corrected chi connectivity index (χ2v) is 12.0. The van der Waals surface area contributed by atoms with E-state index in [0.29, 0.717) is 17.4 Å². The largest absolute Gasteiger partial charge is 0.369 e. The fraction of sp³-hybridized carbons (Fsp3) is 0.467. The Morgan fingerprint density at radius 2 is 1.80 bits per heavy atom. The number of nitrogens with zero attached hydrogens (tertiary/aromatic N) is 9. The first-order valence-electron chi connectivity index (χ1n) is 14.2. The van der Waals surface area contributed by atoms with E-state index >= 15 is 0 Å². The summed E-state index contributed by atoms with van der Waals surface area (Å²) in [6, 6.07) is 6.32. The number of nitrogens with one attached hydrogen (secondary N) is 1. The predicted molar refractivity (Wildman–Crippen MR) is 161 cm³/mol. The van der Waals surface area contributed by atoms with Crippen molar-refractivity contribution in [2.24, 2.45) is 0 Å². The maximum absolute atomic E-state index is 13.0. The van der Waals surface area contributed by atoms with Crippen LogP contribution in [0.5, 0.6) is 0 Å². The Bertz CT molecular complexity index is 1530. The van der Waals surface area contributed by atoms with Crippen LogP contribution in [0.3, 0.4) is 0 Å². The third-order valence-electron chi connectivity index (χ3n) is 7.46. The number of hydrogen-bond acceptors (Lipinski definition) is 8. The summed E-state index contributed by atoms with van der Waals surface area (Å²) in [5.41, 5.74) is 5.81.